The van der Waals surface area contributed by atoms with E-state index in [4.69, 9.17) is 0 Å². The van der Waals surface area contributed by atoms with Crippen LogP contribution < -0.4 is 5.32 Å². The molecule has 0 bridgehead atoms. The summed E-state index contributed by atoms with van der Waals surface area (Å²) in [7, 11) is 2.33. The van der Waals surface area contributed by atoms with Gasteiger partial charge in [-0.05, 0) is 71.5 Å². The van der Waals surface area contributed by atoms with Crippen molar-refractivity contribution in [1.82, 2.24) is 24.9 Å². The summed E-state index contributed by atoms with van der Waals surface area (Å²) in [5, 5.41) is 7.81. The van der Waals surface area contributed by atoms with Gasteiger partial charge in [0.05, 0.1) is 0 Å². The lowest BCUT2D eigenvalue weighted by atomic mass is 9.86. The molecule has 0 aliphatic carbocycles. The predicted molar refractivity (Wildman–Crippen MR) is 85.4 cm³/mol. The molecule has 21 heavy (non-hydrogen) atoms. The van der Waals surface area contributed by atoms with Crippen molar-refractivity contribution in [2.45, 2.75) is 37.8 Å². The molecule has 0 amide bonds. The van der Waals surface area contributed by atoms with Gasteiger partial charge in [0.25, 0.3) is 0 Å². The van der Waals surface area contributed by atoms with Crippen LogP contribution in [0.2, 0.25) is 0 Å². The van der Waals surface area contributed by atoms with Crippen LogP contribution in [0, 0.1) is 0 Å². The molecule has 1 spiro atoms. The summed E-state index contributed by atoms with van der Waals surface area (Å²) in [5.74, 6) is 0. The van der Waals surface area contributed by atoms with Gasteiger partial charge in [-0.25, -0.2) is 0 Å². The number of aromatic nitrogens is 2. The number of hydrogen-bond acceptors (Lipinski definition) is 4. The minimum Gasteiger partial charge on any atom is -0.317 e. The van der Waals surface area contributed by atoms with Crippen LogP contribution in [-0.2, 0) is 6.54 Å². The number of nitrogens with one attached hydrogen (secondary N) is 1. The van der Waals surface area contributed by atoms with Crippen LogP contribution in [0.5, 0.6) is 0 Å². The lowest BCUT2D eigenvalue weighted by Crippen LogP contribution is -2.57. The molecule has 2 aliphatic heterocycles. The van der Waals surface area contributed by atoms with Crippen molar-refractivity contribution in [1.29, 1.82) is 0 Å². The molecule has 1 N–H and O–H groups in total. The standard InChI is InChI=1S/C16H29N5/c1-19-10-3-11-20(12-4-14-21-13-2-7-18-21)15-16(19)5-8-17-9-6-16/h2,7,13,17H,3-6,8-12,14-15H2,1H3. The van der Waals surface area contributed by atoms with E-state index in [2.05, 4.69) is 33.5 Å². The van der Waals surface area contributed by atoms with Gasteiger partial charge in [0.15, 0.2) is 0 Å². The Hall–Kier alpha value is -0.910. The molecule has 5 nitrogen and oxygen atoms in total. The van der Waals surface area contributed by atoms with E-state index in [1.165, 1.54) is 65.0 Å². The molecule has 118 valence electrons. The highest BCUT2D eigenvalue weighted by molar-refractivity contribution is 4.97. The molecule has 5 heteroatoms. The van der Waals surface area contributed by atoms with Crippen molar-refractivity contribution in [3.8, 4) is 0 Å². The predicted octanol–water partition coefficient (Wildman–Crippen LogP) is 1.03. The number of piperidine rings is 1. The summed E-state index contributed by atoms with van der Waals surface area (Å²) in [4.78, 5) is 5.33. The van der Waals surface area contributed by atoms with E-state index in [1.807, 2.05) is 16.9 Å². The first kappa shape index (κ1) is 15.0. The summed E-state index contributed by atoms with van der Waals surface area (Å²) in [5.41, 5.74) is 0.410. The normalized spacial score (nSPS) is 24.2. The lowest BCUT2D eigenvalue weighted by molar-refractivity contribution is 0.0651. The largest absolute Gasteiger partial charge is 0.317 e. The fraction of sp³-hybridized carbons (Fsp3) is 0.812. The highest BCUT2D eigenvalue weighted by Crippen LogP contribution is 2.28. The minimum absolute atomic E-state index is 0.410. The maximum atomic E-state index is 4.29. The summed E-state index contributed by atoms with van der Waals surface area (Å²) in [6.07, 6.45) is 9.00. The van der Waals surface area contributed by atoms with Crippen LogP contribution in [-0.4, -0.2) is 71.4 Å². The van der Waals surface area contributed by atoms with Gasteiger partial charge in [-0.3, -0.25) is 9.58 Å². The molecule has 1 aromatic heterocycles. The number of likely N-dealkylation sites (N-methyl/N-ethyl adjacent to an activating group) is 1. The Balaban J connectivity index is 1.54. The fourth-order valence-corrected chi connectivity index (χ4v) is 3.90. The maximum Gasteiger partial charge on any atom is 0.0489 e. The summed E-state index contributed by atoms with van der Waals surface area (Å²) in [6, 6.07) is 2.00. The molecular formula is C16H29N5. The topological polar surface area (TPSA) is 36.3 Å². The monoisotopic (exact) mass is 291 g/mol. The Kier molecular flexibility index (Phi) is 4.93. The molecule has 0 atom stereocenters. The van der Waals surface area contributed by atoms with Gasteiger partial charge < -0.3 is 10.2 Å². The maximum absolute atomic E-state index is 4.29. The molecule has 0 unspecified atom stereocenters. The smallest absolute Gasteiger partial charge is 0.0489 e. The molecule has 2 aliphatic rings. The van der Waals surface area contributed by atoms with E-state index >= 15 is 0 Å². The lowest BCUT2D eigenvalue weighted by Gasteiger charge is -2.45. The molecule has 0 aromatic carbocycles. The average Bonchev–Trinajstić information content (AvgIpc) is 2.96. The highest BCUT2D eigenvalue weighted by atomic mass is 15.3. The van der Waals surface area contributed by atoms with Crippen LogP contribution >= 0.6 is 0 Å². The zero-order valence-corrected chi connectivity index (χ0v) is 13.3. The van der Waals surface area contributed by atoms with Gasteiger partial charge in [0.1, 0.15) is 0 Å². The molecular weight excluding hydrogens is 262 g/mol. The first-order valence-electron chi connectivity index (χ1n) is 8.40. The van der Waals surface area contributed by atoms with Crippen LogP contribution in [0.15, 0.2) is 18.5 Å². The van der Waals surface area contributed by atoms with E-state index in [0.717, 1.165) is 6.54 Å². The first-order chi connectivity index (χ1) is 10.3. The van der Waals surface area contributed by atoms with E-state index in [0.29, 0.717) is 5.54 Å². The van der Waals surface area contributed by atoms with Crippen LogP contribution in [0.25, 0.3) is 0 Å². The van der Waals surface area contributed by atoms with Crippen LogP contribution in [0.1, 0.15) is 25.7 Å². The summed E-state index contributed by atoms with van der Waals surface area (Å²) >= 11 is 0. The number of hydrogen-bond donors (Lipinski definition) is 1. The van der Waals surface area contributed by atoms with Crippen molar-refractivity contribution >= 4 is 0 Å². The second-order valence-electron chi connectivity index (χ2n) is 6.65. The molecule has 3 heterocycles. The second-order valence-corrected chi connectivity index (χ2v) is 6.65. The molecule has 2 fully saturated rings. The zero-order valence-electron chi connectivity index (χ0n) is 13.3. The average molecular weight is 291 g/mol. The SMILES string of the molecule is CN1CCCN(CCCn2cccn2)CC12CCNCC2. The van der Waals surface area contributed by atoms with E-state index in [9.17, 15) is 0 Å². The quantitative estimate of drug-likeness (QED) is 0.899. The van der Waals surface area contributed by atoms with Crippen LogP contribution in [0.3, 0.4) is 0 Å². The van der Waals surface area contributed by atoms with Gasteiger partial charge >= 0.3 is 0 Å². The van der Waals surface area contributed by atoms with Crippen molar-refractivity contribution < 1.29 is 0 Å². The van der Waals surface area contributed by atoms with E-state index in [-0.39, 0.29) is 0 Å². The van der Waals surface area contributed by atoms with Crippen molar-refractivity contribution in [3.63, 3.8) is 0 Å². The Morgan fingerprint density at radius 2 is 2.05 bits per heavy atom. The van der Waals surface area contributed by atoms with Gasteiger partial charge in [-0.15, -0.1) is 0 Å². The second kappa shape index (κ2) is 6.90. The van der Waals surface area contributed by atoms with Gasteiger partial charge in [-0.2, -0.15) is 5.10 Å². The summed E-state index contributed by atoms with van der Waals surface area (Å²) in [6.45, 7) is 8.31. The van der Waals surface area contributed by atoms with Crippen molar-refractivity contribution in [3.05, 3.63) is 18.5 Å². The Morgan fingerprint density at radius 3 is 2.81 bits per heavy atom. The third-order valence-electron chi connectivity index (χ3n) is 5.25. The van der Waals surface area contributed by atoms with Gasteiger partial charge in [0.2, 0.25) is 0 Å². The third-order valence-corrected chi connectivity index (χ3v) is 5.25. The number of nitrogens with zero attached hydrogens (tertiary/aromatic N) is 4. The van der Waals surface area contributed by atoms with E-state index in [1.54, 1.807) is 0 Å². The number of rotatable bonds is 4. The Morgan fingerprint density at radius 1 is 1.19 bits per heavy atom. The molecule has 1 aromatic rings. The Labute approximate surface area is 128 Å². The van der Waals surface area contributed by atoms with E-state index < -0.39 is 0 Å². The van der Waals surface area contributed by atoms with Crippen molar-refractivity contribution in [2.24, 2.45) is 0 Å². The Bertz CT molecular complexity index is 410. The van der Waals surface area contributed by atoms with Crippen molar-refractivity contribution in [2.75, 3.05) is 46.3 Å². The van der Waals surface area contributed by atoms with Crippen LogP contribution in [0.4, 0.5) is 0 Å². The van der Waals surface area contributed by atoms with Gasteiger partial charge in [-0.1, -0.05) is 0 Å². The molecule has 0 radical (unpaired) electrons. The fourth-order valence-electron chi connectivity index (χ4n) is 3.90. The third kappa shape index (κ3) is 3.65. The molecule has 3 rings (SSSR count). The molecule has 0 saturated carbocycles. The molecule has 2 saturated heterocycles. The highest BCUT2D eigenvalue weighted by Gasteiger charge is 2.38. The summed E-state index contributed by atoms with van der Waals surface area (Å²) < 4.78 is 2.05. The number of aryl methyl sites for hydroxylation is 1. The zero-order chi connectivity index (χ0) is 14.5. The minimum atomic E-state index is 0.410. The van der Waals surface area contributed by atoms with Gasteiger partial charge in [0, 0.05) is 31.0 Å². The first-order valence-corrected chi connectivity index (χ1v) is 8.40.